The molecule has 18 heavy (non-hydrogen) atoms. The molecule has 0 radical (unpaired) electrons. The Morgan fingerprint density at radius 1 is 1.39 bits per heavy atom. The summed E-state index contributed by atoms with van der Waals surface area (Å²) < 4.78 is 5.30. The van der Waals surface area contributed by atoms with Crippen LogP contribution in [0.3, 0.4) is 0 Å². The van der Waals surface area contributed by atoms with E-state index < -0.39 is 5.54 Å². The molecular weight excluding hydrogens is 246 g/mol. The van der Waals surface area contributed by atoms with Gasteiger partial charge in [-0.3, -0.25) is 4.79 Å². The van der Waals surface area contributed by atoms with Crippen LogP contribution in [-0.2, 0) is 9.53 Å². The van der Waals surface area contributed by atoms with Gasteiger partial charge in [0.15, 0.2) is 0 Å². The summed E-state index contributed by atoms with van der Waals surface area (Å²) in [5.41, 5.74) is -0.313. The molecule has 0 bridgehead atoms. The van der Waals surface area contributed by atoms with E-state index in [9.17, 15) is 4.79 Å². The van der Waals surface area contributed by atoms with E-state index in [4.69, 9.17) is 4.74 Å². The van der Waals surface area contributed by atoms with Crippen LogP contribution in [0.15, 0.2) is 0 Å². The Morgan fingerprint density at radius 2 is 2.06 bits per heavy atom. The molecule has 0 spiro atoms. The number of thioether (sulfide) groups is 1. The zero-order valence-electron chi connectivity index (χ0n) is 12.3. The Kier molecular flexibility index (Phi) is 5.53. The molecule has 1 unspecified atom stereocenters. The Hall–Kier alpha value is -0.220. The van der Waals surface area contributed by atoms with Crippen molar-refractivity contribution in [2.45, 2.75) is 46.6 Å². The van der Waals surface area contributed by atoms with Crippen LogP contribution >= 0.6 is 11.8 Å². The maximum absolute atomic E-state index is 12.3. The first-order chi connectivity index (χ1) is 8.31. The Labute approximate surface area is 115 Å². The van der Waals surface area contributed by atoms with E-state index in [0.717, 1.165) is 24.5 Å². The predicted octanol–water partition coefficient (Wildman–Crippen LogP) is 2.70. The zero-order valence-corrected chi connectivity index (χ0v) is 13.2. The van der Waals surface area contributed by atoms with Crippen molar-refractivity contribution in [2.24, 2.45) is 11.3 Å². The second-order valence-corrected chi connectivity index (χ2v) is 7.40. The highest BCUT2D eigenvalue weighted by Crippen LogP contribution is 2.39. The van der Waals surface area contributed by atoms with Gasteiger partial charge in [0.1, 0.15) is 5.54 Å². The lowest BCUT2D eigenvalue weighted by Gasteiger charge is -2.43. The molecular formula is C14H27NO2S. The van der Waals surface area contributed by atoms with Gasteiger partial charge in [0, 0.05) is 5.75 Å². The Balaban J connectivity index is 2.82. The molecule has 0 aliphatic carbocycles. The molecule has 0 aromatic carbocycles. The molecule has 1 rings (SSSR count). The number of carbonyl (C=O) groups is 1. The molecule has 1 atom stereocenters. The average molecular weight is 273 g/mol. The fraction of sp³-hybridized carbons (Fsp3) is 0.929. The van der Waals surface area contributed by atoms with Crippen LogP contribution in [0.5, 0.6) is 0 Å². The number of hydrogen-bond donors (Lipinski definition) is 1. The summed E-state index contributed by atoms with van der Waals surface area (Å²) in [7, 11) is 0. The van der Waals surface area contributed by atoms with Gasteiger partial charge in [0.2, 0.25) is 0 Å². The van der Waals surface area contributed by atoms with E-state index in [1.165, 1.54) is 0 Å². The zero-order chi connectivity index (χ0) is 13.8. The molecule has 0 aromatic rings. The summed E-state index contributed by atoms with van der Waals surface area (Å²) in [6, 6.07) is 0. The molecule has 1 saturated heterocycles. The third-order valence-electron chi connectivity index (χ3n) is 3.14. The van der Waals surface area contributed by atoms with E-state index in [-0.39, 0.29) is 11.4 Å². The summed E-state index contributed by atoms with van der Waals surface area (Å²) >= 11 is 1.85. The normalized spacial score (nSPS) is 27.2. The van der Waals surface area contributed by atoms with Crippen molar-refractivity contribution in [3.05, 3.63) is 0 Å². The minimum Gasteiger partial charge on any atom is -0.465 e. The molecule has 0 saturated carbocycles. The van der Waals surface area contributed by atoms with Crippen molar-refractivity contribution >= 4 is 17.7 Å². The van der Waals surface area contributed by atoms with Gasteiger partial charge in [-0.2, -0.15) is 11.8 Å². The molecule has 3 nitrogen and oxygen atoms in total. The van der Waals surface area contributed by atoms with Gasteiger partial charge in [-0.1, -0.05) is 27.7 Å². The highest BCUT2D eigenvalue weighted by atomic mass is 32.2. The van der Waals surface area contributed by atoms with Gasteiger partial charge in [0.05, 0.1) is 6.61 Å². The molecule has 1 N–H and O–H groups in total. The number of carbonyl (C=O) groups excluding carboxylic acids is 1. The average Bonchev–Trinajstić information content (AvgIpc) is 2.25. The van der Waals surface area contributed by atoms with E-state index >= 15 is 0 Å². The van der Waals surface area contributed by atoms with Crippen LogP contribution in [-0.4, -0.2) is 36.2 Å². The molecule has 4 heteroatoms. The third-order valence-corrected chi connectivity index (χ3v) is 4.82. The SMILES string of the molecule is CCOC(=O)C1(NCC(C)C)CSCC(C)(C)C1. The van der Waals surface area contributed by atoms with Crippen molar-refractivity contribution in [3.63, 3.8) is 0 Å². The van der Waals surface area contributed by atoms with Crippen molar-refractivity contribution in [1.29, 1.82) is 0 Å². The topological polar surface area (TPSA) is 38.3 Å². The Morgan fingerprint density at radius 3 is 2.56 bits per heavy atom. The van der Waals surface area contributed by atoms with Gasteiger partial charge >= 0.3 is 5.97 Å². The number of hydrogen-bond acceptors (Lipinski definition) is 4. The highest BCUT2D eigenvalue weighted by Gasteiger charge is 2.46. The minimum absolute atomic E-state index is 0.0778. The molecule has 1 fully saturated rings. The quantitative estimate of drug-likeness (QED) is 0.782. The fourth-order valence-corrected chi connectivity index (χ4v) is 3.83. The number of nitrogens with one attached hydrogen (secondary N) is 1. The second kappa shape index (κ2) is 6.29. The van der Waals surface area contributed by atoms with Crippen molar-refractivity contribution in [1.82, 2.24) is 5.32 Å². The molecule has 106 valence electrons. The monoisotopic (exact) mass is 273 g/mol. The highest BCUT2D eigenvalue weighted by molar-refractivity contribution is 7.99. The van der Waals surface area contributed by atoms with Crippen LogP contribution < -0.4 is 5.32 Å². The largest absolute Gasteiger partial charge is 0.465 e. The van der Waals surface area contributed by atoms with Crippen LogP contribution in [0.1, 0.15) is 41.0 Å². The molecule has 1 aliphatic rings. The Bertz CT molecular complexity index is 292. The lowest BCUT2D eigenvalue weighted by molar-refractivity contribution is -0.151. The first-order valence-electron chi connectivity index (χ1n) is 6.81. The van der Waals surface area contributed by atoms with Crippen molar-refractivity contribution in [3.8, 4) is 0 Å². The molecule has 1 aliphatic heterocycles. The summed E-state index contributed by atoms with van der Waals surface area (Å²) in [5, 5.41) is 3.48. The predicted molar refractivity (Wildman–Crippen MR) is 77.9 cm³/mol. The van der Waals surface area contributed by atoms with Crippen molar-refractivity contribution < 1.29 is 9.53 Å². The van der Waals surface area contributed by atoms with E-state index in [0.29, 0.717) is 12.5 Å². The molecule has 0 aromatic heterocycles. The summed E-state index contributed by atoms with van der Waals surface area (Å²) in [6.45, 7) is 12.0. The smallest absolute Gasteiger partial charge is 0.327 e. The second-order valence-electron chi connectivity index (χ2n) is 6.41. The molecule has 0 amide bonds. The summed E-state index contributed by atoms with van der Waals surface area (Å²) in [4.78, 5) is 12.3. The van der Waals surface area contributed by atoms with E-state index in [1.807, 2.05) is 18.7 Å². The van der Waals surface area contributed by atoms with Gasteiger partial charge in [0.25, 0.3) is 0 Å². The standard InChI is InChI=1S/C14H27NO2S/c1-6-17-12(16)14(15-7-11(2)3)8-13(4,5)9-18-10-14/h11,15H,6-10H2,1-5H3. The number of esters is 1. The van der Waals surface area contributed by atoms with Crippen molar-refractivity contribution in [2.75, 3.05) is 24.7 Å². The number of ether oxygens (including phenoxy) is 1. The maximum atomic E-state index is 12.3. The number of rotatable bonds is 5. The first-order valence-corrected chi connectivity index (χ1v) is 7.97. The van der Waals surface area contributed by atoms with Gasteiger partial charge < -0.3 is 10.1 Å². The van der Waals surface area contributed by atoms with Crippen LogP contribution in [0, 0.1) is 11.3 Å². The van der Waals surface area contributed by atoms with Crippen LogP contribution in [0.25, 0.3) is 0 Å². The minimum atomic E-state index is -0.493. The van der Waals surface area contributed by atoms with Crippen LogP contribution in [0.4, 0.5) is 0 Å². The lowest BCUT2D eigenvalue weighted by atomic mass is 9.79. The van der Waals surface area contributed by atoms with E-state index in [2.05, 4.69) is 33.0 Å². The maximum Gasteiger partial charge on any atom is 0.327 e. The van der Waals surface area contributed by atoms with Gasteiger partial charge in [-0.15, -0.1) is 0 Å². The van der Waals surface area contributed by atoms with Gasteiger partial charge in [-0.25, -0.2) is 0 Å². The van der Waals surface area contributed by atoms with Crippen LogP contribution in [0.2, 0.25) is 0 Å². The van der Waals surface area contributed by atoms with E-state index in [1.54, 1.807) is 0 Å². The summed E-state index contributed by atoms with van der Waals surface area (Å²) in [6.07, 6.45) is 0.860. The summed E-state index contributed by atoms with van der Waals surface area (Å²) in [5.74, 6) is 2.39. The fourth-order valence-electron chi connectivity index (χ4n) is 2.41. The third kappa shape index (κ3) is 4.16. The van der Waals surface area contributed by atoms with Gasteiger partial charge in [-0.05, 0) is 37.0 Å². The first kappa shape index (κ1) is 15.8. The lowest BCUT2D eigenvalue weighted by Crippen LogP contribution is -2.60. The molecule has 1 heterocycles.